The van der Waals surface area contributed by atoms with Gasteiger partial charge in [0.15, 0.2) is 0 Å². The van der Waals surface area contributed by atoms with Gasteiger partial charge in [-0.2, -0.15) is 9.40 Å². The van der Waals surface area contributed by atoms with Crippen molar-refractivity contribution in [1.29, 1.82) is 0 Å². The van der Waals surface area contributed by atoms with E-state index in [-0.39, 0.29) is 16.8 Å². The molecule has 1 saturated heterocycles. The minimum Gasteiger partial charge on any atom is -0.466 e. The molecule has 0 N–H and O–H groups in total. The van der Waals surface area contributed by atoms with E-state index in [1.54, 1.807) is 17.8 Å². The zero-order valence-corrected chi connectivity index (χ0v) is 18.3. The maximum atomic E-state index is 13.5. The number of ether oxygens (including phenoxy) is 1. The smallest absolute Gasteiger partial charge is 0.309 e. The van der Waals surface area contributed by atoms with Gasteiger partial charge in [0, 0.05) is 18.5 Å². The Labute approximate surface area is 172 Å². The number of rotatable bonds is 5. The molecule has 0 radical (unpaired) electrons. The van der Waals surface area contributed by atoms with Gasteiger partial charge in [0.05, 0.1) is 30.1 Å². The fourth-order valence-electron chi connectivity index (χ4n) is 3.51. The molecular formula is C21H29N3O4S. The predicted octanol–water partition coefficient (Wildman–Crippen LogP) is 3.13. The summed E-state index contributed by atoms with van der Waals surface area (Å²) >= 11 is 0. The Morgan fingerprint density at radius 1 is 1.17 bits per heavy atom. The van der Waals surface area contributed by atoms with E-state index in [4.69, 9.17) is 4.74 Å². The third-order valence-corrected chi connectivity index (χ3v) is 7.00. The van der Waals surface area contributed by atoms with Crippen LogP contribution in [0.3, 0.4) is 0 Å². The van der Waals surface area contributed by atoms with Gasteiger partial charge in [-0.1, -0.05) is 39.0 Å². The Bertz CT molecular complexity index is 954. The monoisotopic (exact) mass is 419 g/mol. The molecule has 2 aromatic rings. The lowest BCUT2D eigenvalue weighted by Crippen LogP contribution is -2.41. The maximum absolute atomic E-state index is 13.5. The normalized spacial score (nSPS) is 16.7. The van der Waals surface area contributed by atoms with E-state index in [0.29, 0.717) is 38.2 Å². The van der Waals surface area contributed by atoms with Gasteiger partial charge in [-0.3, -0.25) is 4.79 Å². The van der Waals surface area contributed by atoms with Crippen LogP contribution in [0.2, 0.25) is 0 Å². The van der Waals surface area contributed by atoms with Gasteiger partial charge < -0.3 is 4.74 Å². The highest BCUT2D eigenvalue weighted by Gasteiger charge is 2.37. The number of esters is 1. The molecule has 1 aromatic heterocycles. The highest BCUT2D eigenvalue weighted by atomic mass is 32.2. The summed E-state index contributed by atoms with van der Waals surface area (Å²) in [7, 11) is -3.73. The minimum atomic E-state index is -3.73. The number of benzene rings is 1. The van der Waals surface area contributed by atoms with Gasteiger partial charge in [0.25, 0.3) is 0 Å². The van der Waals surface area contributed by atoms with Gasteiger partial charge >= 0.3 is 5.97 Å². The molecule has 3 rings (SSSR count). The minimum absolute atomic E-state index is 0.225. The topological polar surface area (TPSA) is 81.5 Å². The standard InChI is InChI=1S/C21H29N3O4S/c1-5-28-20(25)16-11-13-23(14-12-16)29(26,27)18-15-24(17-9-7-6-8-10-17)22-19(18)21(2,3)4/h6-10,15-16H,5,11-14H2,1-4H3. The second-order valence-corrected chi connectivity index (χ2v) is 10.2. The van der Waals surface area contributed by atoms with Crippen molar-refractivity contribution >= 4 is 16.0 Å². The van der Waals surface area contributed by atoms with Crippen LogP contribution in [0.25, 0.3) is 5.69 Å². The summed E-state index contributed by atoms with van der Waals surface area (Å²) in [6.45, 7) is 8.57. The molecule has 0 unspecified atom stereocenters. The largest absolute Gasteiger partial charge is 0.466 e. The fraction of sp³-hybridized carbons (Fsp3) is 0.524. The number of piperidine rings is 1. The molecule has 0 spiro atoms. The molecule has 29 heavy (non-hydrogen) atoms. The van der Waals surface area contributed by atoms with E-state index in [1.807, 2.05) is 51.1 Å². The second-order valence-electron chi connectivity index (χ2n) is 8.30. The number of aromatic nitrogens is 2. The summed E-state index contributed by atoms with van der Waals surface area (Å²) in [5.74, 6) is -0.479. The lowest BCUT2D eigenvalue weighted by atomic mass is 9.92. The molecule has 0 amide bonds. The Morgan fingerprint density at radius 2 is 1.79 bits per heavy atom. The molecule has 1 fully saturated rings. The van der Waals surface area contributed by atoms with Gasteiger partial charge in [0.1, 0.15) is 4.90 Å². The van der Waals surface area contributed by atoms with Crippen molar-refractivity contribution in [3.05, 3.63) is 42.2 Å². The highest BCUT2D eigenvalue weighted by molar-refractivity contribution is 7.89. The van der Waals surface area contributed by atoms with Crippen LogP contribution in [0.1, 0.15) is 46.2 Å². The van der Waals surface area contributed by atoms with Crippen molar-refractivity contribution in [3.8, 4) is 5.69 Å². The molecule has 158 valence electrons. The lowest BCUT2D eigenvalue weighted by Gasteiger charge is -2.30. The predicted molar refractivity (Wildman–Crippen MR) is 110 cm³/mol. The summed E-state index contributed by atoms with van der Waals surface area (Å²) in [4.78, 5) is 12.2. The first-order valence-electron chi connectivity index (χ1n) is 9.97. The van der Waals surface area contributed by atoms with Gasteiger partial charge in [-0.25, -0.2) is 13.1 Å². The van der Waals surface area contributed by atoms with E-state index < -0.39 is 15.4 Å². The number of nitrogens with zero attached hydrogens (tertiary/aromatic N) is 3. The maximum Gasteiger partial charge on any atom is 0.309 e. The highest BCUT2D eigenvalue weighted by Crippen LogP contribution is 2.32. The van der Waals surface area contributed by atoms with Gasteiger partial charge in [-0.05, 0) is 31.9 Å². The summed E-state index contributed by atoms with van der Waals surface area (Å²) in [6.07, 6.45) is 2.54. The van der Waals surface area contributed by atoms with Crippen molar-refractivity contribution in [1.82, 2.24) is 14.1 Å². The number of hydrogen-bond donors (Lipinski definition) is 0. The first-order chi connectivity index (χ1) is 13.6. The van der Waals surface area contributed by atoms with Crippen LogP contribution in [0.4, 0.5) is 0 Å². The van der Waals surface area contributed by atoms with Crippen LogP contribution in [0.15, 0.2) is 41.4 Å². The molecule has 1 aliphatic rings. The number of carbonyl (C=O) groups is 1. The molecule has 8 heteroatoms. The summed E-state index contributed by atoms with van der Waals surface area (Å²) < 4.78 is 35.1. The SMILES string of the molecule is CCOC(=O)C1CCN(S(=O)(=O)c2cn(-c3ccccc3)nc2C(C)(C)C)CC1. The Kier molecular flexibility index (Phi) is 6.14. The van der Waals surface area contributed by atoms with Crippen molar-refractivity contribution in [2.45, 2.75) is 50.8 Å². The second kappa shape index (κ2) is 8.28. The molecule has 0 bridgehead atoms. The zero-order valence-electron chi connectivity index (χ0n) is 17.5. The number of carbonyl (C=O) groups excluding carboxylic acids is 1. The van der Waals surface area contributed by atoms with Crippen LogP contribution in [0.5, 0.6) is 0 Å². The first-order valence-corrected chi connectivity index (χ1v) is 11.4. The van der Waals surface area contributed by atoms with E-state index in [9.17, 15) is 13.2 Å². The number of sulfonamides is 1. The Hall–Kier alpha value is -2.19. The third-order valence-electron chi connectivity index (χ3n) is 5.10. The molecule has 1 aromatic carbocycles. The quantitative estimate of drug-likeness (QED) is 0.696. The molecule has 0 saturated carbocycles. The van der Waals surface area contributed by atoms with Gasteiger partial charge in [-0.15, -0.1) is 0 Å². The molecule has 0 aliphatic carbocycles. The number of hydrogen-bond acceptors (Lipinski definition) is 5. The molecule has 0 atom stereocenters. The summed E-state index contributed by atoms with van der Waals surface area (Å²) in [5.41, 5.74) is 0.903. The molecular weight excluding hydrogens is 390 g/mol. The molecule has 2 heterocycles. The average molecular weight is 420 g/mol. The van der Waals surface area contributed by atoms with Crippen molar-refractivity contribution in [3.63, 3.8) is 0 Å². The van der Waals surface area contributed by atoms with Crippen LogP contribution < -0.4 is 0 Å². The van der Waals surface area contributed by atoms with E-state index >= 15 is 0 Å². The molecule has 7 nitrogen and oxygen atoms in total. The van der Waals surface area contributed by atoms with Crippen molar-refractivity contribution in [2.24, 2.45) is 5.92 Å². The van der Waals surface area contributed by atoms with Crippen molar-refractivity contribution in [2.75, 3.05) is 19.7 Å². The van der Waals surface area contributed by atoms with Crippen LogP contribution in [-0.4, -0.2) is 48.2 Å². The van der Waals surface area contributed by atoms with E-state index in [1.165, 1.54) is 4.31 Å². The molecule has 1 aliphatic heterocycles. The lowest BCUT2D eigenvalue weighted by molar-refractivity contribution is -0.149. The first kappa shape index (κ1) is 21.5. The average Bonchev–Trinajstić information content (AvgIpc) is 3.16. The van der Waals surface area contributed by atoms with Crippen LogP contribution in [0, 0.1) is 5.92 Å². The fourth-order valence-corrected chi connectivity index (χ4v) is 5.30. The zero-order chi connectivity index (χ0) is 21.2. The summed E-state index contributed by atoms with van der Waals surface area (Å²) in [6, 6.07) is 9.47. The number of para-hydroxylation sites is 1. The van der Waals surface area contributed by atoms with Gasteiger partial charge in [0.2, 0.25) is 10.0 Å². The van der Waals surface area contributed by atoms with Crippen LogP contribution in [-0.2, 0) is 25.0 Å². The summed E-state index contributed by atoms with van der Waals surface area (Å²) in [5, 5.41) is 4.62. The van der Waals surface area contributed by atoms with E-state index in [2.05, 4.69) is 5.10 Å². The van der Waals surface area contributed by atoms with Crippen molar-refractivity contribution < 1.29 is 17.9 Å². The van der Waals surface area contributed by atoms with Crippen LogP contribution >= 0.6 is 0 Å². The third kappa shape index (κ3) is 4.53. The Morgan fingerprint density at radius 3 is 2.34 bits per heavy atom. The Balaban J connectivity index is 1.91. The van der Waals surface area contributed by atoms with E-state index in [0.717, 1.165) is 5.69 Å².